The van der Waals surface area contributed by atoms with Crippen molar-refractivity contribution in [3.8, 4) is 0 Å². The van der Waals surface area contributed by atoms with E-state index in [0.29, 0.717) is 11.1 Å². The number of hydrogen-bond donors (Lipinski definition) is 2. The molecule has 0 aliphatic rings. The minimum Gasteiger partial charge on any atom is -0.282 e. The fourth-order valence-electron chi connectivity index (χ4n) is 2.57. The van der Waals surface area contributed by atoms with Crippen LogP contribution in [0.2, 0.25) is 0 Å². The number of rotatable bonds is 4. The van der Waals surface area contributed by atoms with Crippen molar-refractivity contribution in [2.24, 2.45) is 0 Å². The molecular formula is C22H20O2S2. The van der Waals surface area contributed by atoms with E-state index in [1.807, 2.05) is 60.7 Å². The van der Waals surface area contributed by atoms with Gasteiger partial charge in [0.05, 0.1) is 0 Å². The van der Waals surface area contributed by atoms with Gasteiger partial charge < -0.3 is 0 Å². The molecule has 132 valence electrons. The smallest absolute Gasteiger partial charge is 0.216 e. The Balaban J connectivity index is 0.000000228. The number of carbonyl (C=O) groups is 2. The van der Waals surface area contributed by atoms with Crippen LogP contribution in [0.4, 0.5) is 0 Å². The van der Waals surface area contributed by atoms with E-state index in [0.717, 1.165) is 5.56 Å². The molecule has 0 aromatic heterocycles. The highest BCUT2D eigenvalue weighted by atomic mass is 32.1. The van der Waals surface area contributed by atoms with E-state index in [-0.39, 0.29) is 16.1 Å². The topological polar surface area (TPSA) is 34.1 Å². The van der Waals surface area contributed by atoms with E-state index >= 15 is 0 Å². The molecule has 0 fully saturated rings. The van der Waals surface area contributed by atoms with Gasteiger partial charge in [-0.2, -0.15) is 0 Å². The van der Waals surface area contributed by atoms with Crippen molar-refractivity contribution >= 4 is 35.5 Å². The summed E-state index contributed by atoms with van der Waals surface area (Å²) in [6.45, 7) is 2.10. The van der Waals surface area contributed by atoms with Crippen LogP contribution in [0.25, 0.3) is 0 Å². The van der Waals surface area contributed by atoms with Crippen LogP contribution in [0.5, 0.6) is 0 Å². The fourth-order valence-corrected chi connectivity index (χ4v) is 2.92. The molecule has 1 unspecified atom stereocenters. The lowest BCUT2D eigenvalue weighted by Crippen LogP contribution is -2.03. The SMILES string of the molecule is CC(c1ccccc1)c1ccccc1C(=O)S.O=C(S)c1ccccc1. The maximum absolute atomic E-state index is 11.5. The summed E-state index contributed by atoms with van der Waals surface area (Å²) in [5, 5.41) is -0.362. The Morgan fingerprint density at radius 1 is 0.692 bits per heavy atom. The van der Waals surface area contributed by atoms with E-state index in [4.69, 9.17) is 0 Å². The number of carbonyl (C=O) groups excluding carboxylic acids is 2. The van der Waals surface area contributed by atoms with Gasteiger partial charge in [0.15, 0.2) is 0 Å². The quantitative estimate of drug-likeness (QED) is 0.572. The second-order valence-corrected chi connectivity index (χ2v) is 6.51. The highest BCUT2D eigenvalue weighted by Gasteiger charge is 2.14. The van der Waals surface area contributed by atoms with Gasteiger partial charge in [-0.1, -0.05) is 91.9 Å². The van der Waals surface area contributed by atoms with Crippen LogP contribution in [0.1, 0.15) is 44.7 Å². The van der Waals surface area contributed by atoms with Crippen molar-refractivity contribution < 1.29 is 9.59 Å². The summed E-state index contributed by atoms with van der Waals surface area (Å²) in [5.74, 6) is 0.198. The van der Waals surface area contributed by atoms with Gasteiger partial charge in [-0.3, -0.25) is 9.59 Å². The van der Waals surface area contributed by atoms with Gasteiger partial charge in [0, 0.05) is 17.0 Å². The Hall–Kier alpha value is -2.30. The third kappa shape index (κ3) is 5.61. The first-order valence-electron chi connectivity index (χ1n) is 8.16. The van der Waals surface area contributed by atoms with Crippen LogP contribution in [-0.2, 0) is 0 Å². The Morgan fingerprint density at radius 3 is 1.69 bits per heavy atom. The minimum absolute atomic E-state index is 0.177. The maximum atomic E-state index is 11.5. The molecule has 0 amide bonds. The van der Waals surface area contributed by atoms with Crippen molar-refractivity contribution in [2.45, 2.75) is 12.8 Å². The molecule has 4 heteroatoms. The zero-order chi connectivity index (χ0) is 18.9. The van der Waals surface area contributed by atoms with E-state index < -0.39 is 0 Å². The standard InChI is InChI=1S/C15H14OS.C7H6OS/c1-11(12-7-3-2-4-8-12)13-9-5-6-10-14(13)15(16)17;8-7(9)6-4-2-1-3-5-6/h2-11H,1H3,(H,16,17);1-5H,(H,8,9). The van der Waals surface area contributed by atoms with Crippen molar-refractivity contribution in [3.63, 3.8) is 0 Å². The van der Waals surface area contributed by atoms with Crippen LogP contribution in [0.15, 0.2) is 84.9 Å². The van der Waals surface area contributed by atoms with Gasteiger partial charge >= 0.3 is 0 Å². The first-order chi connectivity index (χ1) is 12.5. The van der Waals surface area contributed by atoms with E-state index in [2.05, 4.69) is 44.3 Å². The third-order valence-corrected chi connectivity index (χ3v) is 4.48. The Kier molecular flexibility index (Phi) is 7.70. The second kappa shape index (κ2) is 10.00. The summed E-state index contributed by atoms with van der Waals surface area (Å²) in [6, 6.07) is 26.7. The summed E-state index contributed by atoms with van der Waals surface area (Å²) in [7, 11) is 0. The van der Waals surface area contributed by atoms with Crippen LogP contribution in [-0.4, -0.2) is 10.2 Å². The Morgan fingerprint density at radius 2 is 1.19 bits per heavy atom. The summed E-state index contributed by atoms with van der Waals surface area (Å²) >= 11 is 7.57. The lowest BCUT2D eigenvalue weighted by molar-refractivity contribution is 0.108. The molecule has 26 heavy (non-hydrogen) atoms. The average molecular weight is 381 g/mol. The first-order valence-corrected chi connectivity index (χ1v) is 9.05. The monoisotopic (exact) mass is 380 g/mol. The van der Waals surface area contributed by atoms with Gasteiger partial charge in [0.2, 0.25) is 10.2 Å². The number of benzene rings is 3. The van der Waals surface area contributed by atoms with Crippen molar-refractivity contribution in [1.82, 2.24) is 0 Å². The van der Waals surface area contributed by atoms with Gasteiger partial charge in [-0.25, -0.2) is 0 Å². The highest BCUT2D eigenvalue weighted by Crippen LogP contribution is 2.27. The molecule has 2 nitrogen and oxygen atoms in total. The van der Waals surface area contributed by atoms with Crippen molar-refractivity contribution in [3.05, 3.63) is 107 Å². The molecule has 0 saturated carbocycles. The molecule has 0 spiro atoms. The Labute approximate surface area is 165 Å². The summed E-state index contributed by atoms with van der Waals surface area (Å²) in [5.41, 5.74) is 3.56. The van der Waals surface area contributed by atoms with Crippen LogP contribution >= 0.6 is 25.3 Å². The summed E-state index contributed by atoms with van der Waals surface area (Å²) in [6.07, 6.45) is 0. The summed E-state index contributed by atoms with van der Waals surface area (Å²) in [4.78, 5) is 22.0. The van der Waals surface area contributed by atoms with E-state index in [1.165, 1.54) is 5.56 Å². The third-order valence-electron chi connectivity index (χ3n) is 3.98. The molecule has 0 aliphatic heterocycles. The predicted molar refractivity (Wildman–Crippen MR) is 113 cm³/mol. The predicted octanol–water partition coefficient (Wildman–Crippen LogP) is 5.67. The molecule has 3 rings (SSSR count). The fraction of sp³-hybridized carbons (Fsp3) is 0.0909. The van der Waals surface area contributed by atoms with Crippen LogP contribution < -0.4 is 0 Å². The molecule has 0 heterocycles. The van der Waals surface area contributed by atoms with Gasteiger partial charge in [-0.15, -0.1) is 25.3 Å². The molecule has 0 bridgehead atoms. The zero-order valence-corrected chi connectivity index (χ0v) is 16.2. The van der Waals surface area contributed by atoms with Crippen LogP contribution in [0.3, 0.4) is 0 Å². The largest absolute Gasteiger partial charge is 0.282 e. The van der Waals surface area contributed by atoms with Gasteiger partial charge in [0.1, 0.15) is 0 Å². The highest BCUT2D eigenvalue weighted by molar-refractivity contribution is 7.97. The second-order valence-electron chi connectivity index (χ2n) is 5.70. The van der Waals surface area contributed by atoms with E-state index in [1.54, 1.807) is 12.1 Å². The van der Waals surface area contributed by atoms with E-state index in [9.17, 15) is 9.59 Å². The van der Waals surface area contributed by atoms with Gasteiger partial charge in [-0.05, 0) is 11.1 Å². The molecule has 0 radical (unpaired) electrons. The minimum atomic E-state index is -0.185. The molecule has 0 saturated heterocycles. The van der Waals surface area contributed by atoms with Crippen molar-refractivity contribution in [2.75, 3.05) is 0 Å². The molecular weight excluding hydrogens is 360 g/mol. The first kappa shape index (κ1) is 20.0. The zero-order valence-electron chi connectivity index (χ0n) is 14.4. The number of hydrogen-bond acceptors (Lipinski definition) is 2. The molecule has 1 atom stereocenters. The Bertz CT molecular complexity index is 862. The number of thiol groups is 2. The van der Waals surface area contributed by atoms with Crippen LogP contribution in [0, 0.1) is 0 Å². The lowest BCUT2D eigenvalue weighted by Gasteiger charge is -2.15. The summed E-state index contributed by atoms with van der Waals surface area (Å²) < 4.78 is 0. The normalized spacial score (nSPS) is 11.0. The average Bonchev–Trinajstić information content (AvgIpc) is 2.69. The lowest BCUT2D eigenvalue weighted by atomic mass is 9.90. The molecule has 3 aromatic carbocycles. The van der Waals surface area contributed by atoms with Crippen molar-refractivity contribution in [1.29, 1.82) is 0 Å². The maximum Gasteiger partial charge on any atom is 0.216 e. The molecule has 0 N–H and O–H groups in total. The molecule has 0 aliphatic carbocycles. The molecule has 3 aromatic rings. The van der Waals surface area contributed by atoms with Gasteiger partial charge in [0.25, 0.3) is 0 Å².